The minimum atomic E-state index is -4.39. The maximum Gasteiger partial charge on any atom is 0.335 e. The molecule has 0 unspecified atom stereocenters. The van der Waals surface area contributed by atoms with E-state index < -0.39 is 38.8 Å². The SMILES string of the molecule is Cc1c(F)cc(C(=O)O)cc1S(=O)(=O)N(CC#N)c1cccc(Cl)c1. The zero-order valence-corrected chi connectivity index (χ0v) is 14.5. The molecule has 0 aliphatic rings. The standard InChI is InChI=1S/C16H12ClFN2O4S/c1-10-14(18)7-11(16(21)22)8-15(10)25(23,24)20(6-5-19)13-4-2-3-12(17)9-13/h2-4,7-9H,6H2,1H3,(H,21,22). The van der Waals surface area contributed by atoms with E-state index in [1.807, 2.05) is 0 Å². The number of carbonyl (C=O) groups is 1. The number of anilines is 1. The molecule has 0 spiro atoms. The third kappa shape index (κ3) is 3.73. The maximum absolute atomic E-state index is 14.0. The van der Waals surface area contributed by atoms with Crippen LogP contribution in [0.15, 0.2) is 41.3 Å². The summed E-state index contributed by atoms with van der Waals surface area (Å²) in [6.45, 7) is 0.664. The number of nitrogens with zero attached hydrogens (tertiary/aromatic N) is 2. The Morgan fingerprint density at radius 2 is 2.04 bits per heavy atom. The number of hydrogen-bond acceptors (Lipinski definition) is 4. The number of carboxylic acids is 1. The van der Waals surface area contributed by atoms with Gasteiger partial charge in [0.1, 0.15) is 12.4 Å². The fraction of sp³-hybridized carbons (Fsp3) is 0.125. The predicted molar refractivity (Wildman–Crippen MR) is 89.7 cm³/mol. The normalized spacial score (nSPS) is 11.0. The van der Waals surface area contributed by atoms with Crippen molar-refractivity contribution in [3.8, 4) is 6.07 Å². The van der Waals surface area contributed by atoms with Gasteiger partial charge in [0, 0.05) is 10.6 Å². The lowest BCUT2D eigenvalue weighted by molar-refractivity contribution is 0.0696. The quantitative estimate of drug-likeness (QED) is 0.800. The monoisotopic (exact) mass is 382 g/mol. The molecule has 1 N–H and O–H groups in total. The Morgan fingerprint density at radius 3 is 2.60 bits per heavy atom. The maximum atomic E-state index is 14.0. The Balaban J connectivity index is 2.70. The fourth-order valence-electron chi connectivity index (χ4n) is 2.17. The summed E-state index contributed by atoms with van der Waals surface area (Å²) in [5.74, 6) is -2.44. The molecule has 0 aliphatic heterocycles. The van der Waals surface area contributed by atoms with Gasteiger partial charge in [-0.25, -0.2) is 17.6 Å². The number of rotatable bonds is 5. The highest BCUT2D eigenvalue weighted by Gasteiger charge is 2.29. The number of nitriles is 1. The van der Waals surface area contributed by atoms with Crippen molar-refractivity contribution in [2.45, 2.75) is 11.8 Å². The number of carboxylic acid groups (broad SMARTS) is 1. The van der Waals surface area contributed by atoms with Crippen LogP contribution in [0.1, 0.15) is 15.9 Å². The van der Waals surface area contributed by atoms with E-state index in [1.54, 1.807) is 6.07 Å². The van der Waals surface area contributed by atoms with Crippen LogP contribution in [-0.2, 0) is 10.0 Å². The first-order valence-corrected chi connectivity index (χ1v) is 8.69. The Morgan fingerprint density at radius 1 is 1.36 bits per heavy atom. The molecule has 0 heterocycles. The predicted octanol–water partition coefficient (Wildman–Crippen LogP) is 3.20. The summed E-state index contributed by atoms with van der Waals surface area (Å²) in [4.78, 5) is 10.6. The number of sulfonamides is 1. The molecule has 25 heavy (non-hydrogen) atoms. The van der Waals surface area contributed by atoms with Gasteiger partial charge in [0.05, 0.1) is 22.2 Å². The van der Waals surface area contributed by atoms with E-state index >= 15 is 0 Å². The first-order valence-electron chi connectivity index (χ1n) is 6.87. The van der Waals surface area contributed by atoms with Gasteiger partial charge in [-0.2, -0.15) is 5.26 Å². The van der Waals surface area contributed by atoms with Crippen LogP contribution >= 0.6 is 11.6 Å². The van der Waals surface area contributed by atoms with E-state index in [9.17, 15) is 17.6 Å². The average Bonchev–Trinajstić information content (AvgIpc) is 2.54. The van der Waals surface area contributed by atoms with Crippen molar-refractivity contribution in [1.29, 1.82) is 5.26 Å². The Bertz CT molecular complexity index is 986. The molecule has 9 heteroatoms. The Hall–Kier alpha value is -2.63. The van der Waals surface area contributed by atoms with Gasteiger partial charge >= 0.3 is 5.97 Å². The molecule has 2 aromatic carbocycles. The van der Waals surface area contributed by atoms with Crippen molar-refractivity contribution in [1.82, 2.24) is 0 Å². The van der Waals surface area contributed by atoms with Crippen LogP contribution in [0.4, 0.5) is 10.1 Å². The number of aromatic carboxylic acids is 1. The molecule has 2 rings (SSSR count). The van der Waals surface area contributed by atoms with Gasteiger partial charge in [-0.3, -0.25) is 4.31 Å². The molecule has 0 saturated carbocycles. The van der Waals surface area contributed by atoms with E-state index in [2.05, 4.69) is 0 Å². The lowest BCUT2D eigenvalue weighted by Crippen LogP contribution is -2.32. The van der Waals surface area contributed by atoms with Crippen molar-refractivity contribution in [2.24, 2.45) is 0 Å². The molecule has 0 saturated heterocycles. The van der Waals surface area contributed by atoms with Crippen LogP contribution in [0.25, 0.3) is 0 Å². The molecule has 0 aromatic heterocycles. The van der Waals surface area contributed by atoms with Crippen LogP contribution in [0.5, 0.6) is 0 Å². The largest absolute Gasteiger partial charge is 0.478 e. The average molecular weight is 383 g/mol. The first-order chi connectivity index (χ1) is 11.7. The smallest absolute Gasteiger partial charge is 0.335 e. The summed E-state index contributed by atoms with van der Waals surface area (Å²) in [6, 6.07) is 9.12. The molecule has 0 fully saturated rings. The van der Waals surface area contributed by atoms with Gasteiger partial charge in [0.15, 0.2) is 0 Å². The first kappa shape index (κ1) is 18.7. The van der Waals surface area contributed by atoms with Crippen LogP contribution in [-0.4, -0.2) is 26.0 Å². The zero-order chi connectivity index (χ0) is 18.8. The molecule has 2 aromatic rings. The summed E-state index contributed by atoms with van der Waals surface area (Å²) in [7, 11) is -4.39. The van der Waals surface area contributed by atoms with Gasteiger partial charge in [0.2, 0.25) is 0 Å². The van der Waals surface area contributed by atoms with Crippen LogP contribution in [0, 0.1) is 24.1 Å². The third-order valence-corrected chi connectivity index (χ3v) is 5.56. The van der Waals surface area contributed by atoms with Gasteiger partial charge in [-0.1, -0.05) is 17.7 Å². The minimum absolute atomic E-state index is 0.106. The van der Waals surface area contributed by atoms with Gasteiger partial charge in [-0.05, 0) is 37.3 Å². The molecule has 0 amide bonds. The van der Waals surface area contributed by atoms with E-state index in [4.69, 9.17) is 22.0 Å². The lowest BCUT2D eigenvalue weighted by atomic mass is 10.1. The second-order valence-electron chi connectivity index (χ2n) is 5.04. The Labute approximate surface area is 148 Å². The molecule has 0 atom stereocenters. The van der Waals surface area contributed by atoms with E-state index in [0.717, 1.165) is 16.4 Å². The fourth-order valence-corrected chi connectivity index (χ4v) is 3.98. The molecule has 0 aliphatic carbocycles. The van der Waals surface area contributed by atoms with Crippen LogP contribution < -0.4 is 4.31 Å². The highest BCUT2D eigenvalue weighted by Crippen LogP contribution is 2.29. The third-order valence-electron chi connectivity index (χ3n) is 3.42. The van der Waals surface area contributed by atoms with Crippen molar-refractivity contribution in [2.75, 3.05) is 10.8 Å². The van der Waals surface area contributed by atoms with Crippen molar-refractivity contribution < 1.29 is 22.7 Å². The number of halogens is 2. The van der Waals surface area contributed by atoms with Crippen molar-refractivity contribution in [3.05, 3.63) is 58.4 Å². The van der Waals surface area contributed by atoms with E-state index in [1.165, 1.54) is 31.2 Å². The van der Waals surface area contributed by atoms with E-state index in [0.29, 0.717) is 0 Å². The van der Waals surface area contributed by atoms with Crippen LogP contribution in [0.2, 0.25) is 5.02 Å². The molecular formula is C16H12ClFN2O4S. The molecule has 0 radical (unpaired) electrons. The summed E-state index contributed by atoms with van der Waals surface area (Å²) >= 11 is 5.87. The highest BCUT2D eigenvalue weighted by molar-refractivity contribution is 7.92. The molecule has 130 valence electrons. The summed E-state index contributed by atoms with van der Waals surface area (Å²) < 4.78 is 40.7. The van der Waals surface area contributed by atoms with E-state index in [-0.39, 0.29) is 16.3 Å². The van der Waals surface area contributed by atoms with Gasteiger partial charge < -0.3 is 5.11 Å². The Kier molecular flexibility index (Phi) is 5.30. The highest BCUT2D eigenvalue weighted by atomic mass is 35.5. The molecule has 6 nitrogen and oxygen atoms in total. The minimum Gasteiger partial charge on any atom is -0.478 e. The topological polar surface area (TPSA) is 98.5 Å². The number of hydrogen-bond donors (Lipinski definition) is 1. The molecule has 0 bridgehead atoms. The van der Waals surface area contributed by atoms with Crippen molar-refractivity contribution >= 4 is 33.3 Å². The summed E-state index contributed by atoms with van der Waals surface area (Å²) in [6.07, 6.45) is 0. The lowest BCUT2D eigenvalue weighted by Gasteiger charge is -2.23. The summed E-state index contributed by atoms with van der Waals surface area (Å²) in [5.41, 5.74) is -0.644. The van der Waals surface area contributed by atoms with Crippen LogP contribution in [0.3, 0.4) is 0 Å². The summed E-state index contributed by atoms with van der Waals surface area (Å²) in [5, 5.41) is 18.3. The van der Waals surface area contributed by atoms with Gasteiger partial charge in [-0.15, -0.1) is 0 Å². The molecular weight excluding hydrogens is 371 g/mol. The van der Waals surface area contributed by atoms with Crippen molar-refractivity contribution in [3.63, 3.8) is 0 Å². The second-order valence-corrected chi connectivity index (χ2v) is 7.30. The number of benzene rings is 2. The van der Waals surface area contributed by atoms with Gasteiger partial charge in [0.25, 0.3) is 10.0 Å². The zero-order valence-electron chi connectivity index (χ0n) is 12.9. The second kappa shape index (κ2) is 7.09.